The first kappa shape index (κ1) is 8.59. The molecule has 0 atom stereocenters. The summed E-state index contributed by atoms with van der Waals surface area (Å²) in [6, 6.07) is 3.50. The number of nitrogens with one attached hydrogen (secondary N) is 1. The van der Waals surface area contributed by atoms with Gasteiger partial charge in [-0.3, -0.25) is 10.4 Å². The fourth-order valence-corrected chi connectivity index (χ4v) is 0.814. The Balaban J connectivity index is 3.04. The summed E-state index contributed by atoms with van der Waals surface area (Å²) in [7, 11) is 0. The molecule has 1 heterocycles. The van der Waals surface area contributed by atoms with Crippen molar-refractivity contribution in [1.29, 1.82) is 5.41 Å². The van der Waals surface area contributed by atoms with E-state index in [1.165, 1.54) is 0 Å². The van der Waals surface area contributed by atoms with Gasteiger partial charge < -0.3 is 0 Å². The summed E-state index contributed by atoms with van der Waals surface area (Å²) in [5, 5.41) is 6.70. The number of aryl methyl sites for hydroxylation is 1. The van der Waals surface area contributed by atoms with E-state index in [0.717, 1.165) is 5.56 Å². The molecule has 1 N–H and O–H groups in total. The molecule has 12 heavy (non-hydrogen) atoms. The summed E-state index contributed by atoms with van der Waals surface area (Å²) < 4.78 is 12.4. The van der Waals surface area contributed by atoms with E-state index in [0.29, 0.717) is 5.69 Å². The lowest BCUT2D eigenvalue weighted by atomic mass is 10.1. The Hall–Kier alpha value is -1.51. The molecule has 1 rings (SSSR count). The first-order valence-corrected chi connectivity index (χ1v) is 3.47. The van der Waals surface area contributed by atoms with Gasteiger partial charge >= 0.3 is 0 Å². The Morgan fingerprint density at radius 2 is 2.33 bits per heavy atom. The molecule has 0 aliphatic carbocycles. The van der Waals surface area contributed by atoms with Crippen molar-refractivity contribution in [1.82, 2.24) is 4.98 Å². The highest BCUT2D eigenvalue weighted by molar-refractivity contribution is 6.15. The quantitative estimate of drug-likeness (QED) is 0.669. The summed E-state index contributed by atoms with van der Waals surface area (Å²) in [5.41, 5.74) is 1.42. The molecule has 0 aliphatic rings. The van der Waals surface area contributed by atoms with Crippen LogP contribution in [0.2, 0.25) is 0 Å². The van der Waals surface area contributed by atoms with Crippen LogP contribution in [0.5, 0.6) is 0 Å². The van der Waals surface area contributed by atoms with Crippen LogP contribution in [0.3, 0.4) is 0 Å². The molecule has 0 unspecified atom stereocenters. The van der Waals surface area contributed by atoms with Crippen molar-refractivity contribution in [3.05, 3.63) is 36.2 Å². The third-order valence-electron chi connectivity index (χ3n) is 1.49. The Kier molecular flexibility index (Phi) is 2.33. The van der Waals surface area contributed by atoms with E-state index in [-0.39, 0.29) is 5.57 Å². The lowest BCUT2D eigenvalue weighted by Gasteiger charge is -2.00. The Morgan fingerprint density at radius 1 is 1.67 bits per heavy atom. The number of allylic oxidation sites excluding steroid dienone is 1. The van der Waals surface area contributed by atoms with Crippen molar-refractivity contribution in [2.75, 3.05) is 0 Å². The van der Waals surface area contributed by atoms with Gasteiger partial charge in [0.15, 0.2) is 0 Å². The van der Waals surface area contributed by atoms with E-state index in [2.05, 4.69) is 11.6 Å². The summed E-state index contributed by atoms with van der Waals surface area (Å²) in [6.07, 6.45) is 1.57. The minimum Gasteiger partial charge on any atom is -0.274 e. The molecule has 0 saturated carbocycles. The average molecular weight is 164 g/mol. The number of aromatic nitrogens is 1. The van der Waals surface area contributed by atoms with Gasteiger partial charge in [0.1, 0.15) is 0 Å². The second-order valence-electron chi connectivity index (χ2n) is 2.51. The van der Waals surface area contributed by atoms with Crippen LogP contribution in [0.4, 0.5) is 4.39 Å². The summed E-state index contributed by atoms with van der Waals surface area (Å²) in [5.74, 6) is -1.03. The number of rotatable bonds is 2. The molecule has 1 aromatic heterocycles. The van der Waals surface area contributed by atoms with E-state index in [1.807, 2.05) is 6.92 Å². The maximum Gasteiger partial charge on any atom is 0.214 e. The number of hydrogen-bond donors (Lipinski definition) is 1. The first-order valence-electron chi connectivity index (χ1n) is 3.47. The molecule has 62 valence electrons. The van der Waals surface area contributed by atoms with Gasteiger partial charge in [-0.15, -0.1) is 0 Å². The Morgan fingerprint density at radius 3 is 2.83 bits per heavy atom. The van der Waals surface area contributed by atoms with Crippen LogP contribution in [-0.4, -0.2) is 10.9 Å². The van der Waals surface area contributed by atoms with Crippen LogP contribution in [0, 0.1) is 12.3 Å². The third-order valence-corrected chi connectivity index (χ3v) is 1.49. The van der Waals surface area contributed by atoms with Crippen molar-refractivity contribution < 1.29 is 4.39 Å². The highest BCUT2D eigenvalue weighted by Crippen LogP contribution is 2.12. The van der Waals surface area contributed by atoms with Gasteiger partial charge in [-0.05, 0) is 24.6 Å². The zero-order valence-electron chi connectivity index (χ0n) is 6.76. The zero-order valence-corrected chi connectivity index (χ0v) is 6.76. The third kappa shape index (κ3) is 1.75. The van der Waals surface area contributed by atoms with Crippen LogP contribution < -0.4 is 0 Å². The molecule has 0 radical (unpaired) electrons. The molecular weight excluding hydrogens is 155 g/mol. The van der Waals surface area contributed by atoms with Gasteiger partial charge in [-0.1, -0.05) is 6.58 Å². The largest absolute Gasteiger partial charge is 0.274 e. The van der Waals surface area contributed by atoms with Crippen molar-refractivity contribution in [3.63, 3.8) is 0 Å². The summed E-state index contributed by atoms with van der Waals surface area (Å²) >= 11 is 0. The van der Waals surface area contributed by atoms with Gasteiger partial charge in [0, 0.05) is 11.8 Å². The molecule has 0 aromatic carbocycles. The van der Waals surface area contributed by atoms with Gasteiger partial charge in [0.2, 0.25) is 5.97 Å². The Labute approximate surface area is 70.3 Å². The number of halogens is 1. The van der Waals surface area contributed by atoms with Gasteiger partial charge in [-0.2, -0.15) is 4.39 Å². The average Bonchev–Trinajstić information content (AvgIpc) is 2.03. The van der Waals surface area contributed by atoms with Gasteiger partial charge in [0.25, 0.3) is 0 Å². The fourth-order valence-electron chi connectivity index (χ4n) is 0.814. The van der Waals surface area contributed by atoms with Crippen LogP contribution in [0.1, 0.15) is 11.3 Å². The predicted molar refractivity (Wildman–Crippen MR) is 46.8 cm³/mol. The molecule has 0 aliphatic heterocycles. The van der Waals surface area contributed by atoms with Gasteiger partial charge in [0.05, 0.1) is 5.69 Å². The lowest BCUT2D eigenvalue weighted by Crippen LogP contribution is -1.94. The first-order chi connectivity index (χ1) is 5.61. The SMILES string of the molecule is C=C(C(=N)F)c1cc(C)ccn1. The normalized spacial score (nSPS) is 9.50. The van der Waals surface area contributed by atoms with E-state index >= 15 is 0 Å². The Bertz CT molecular complexity index is 331. The number of pyridine rings is 1. The molecule has 0 fully saturated rings. The molecular formula is C9H9FN2. The van der Waals surface area contributed by atoms with Crippen molar-refractivity contribution in [2.45, 2.75) is 6.92 Å². The number of nitrogens with zero attached hydrogens (tertiary/aromatic N) is 1. The monoisotopic (exact) mass is 164 g/mol. The standard InChI is InChI=1S/C9H9FN2/c1-6-3-4-12-8(5-6)7(2)9(10)11/h3-5,11H,2H2,1H3. The van der Waals surface area contributed by atoms with Gasteiger partial charge in [-0.25, -0.2) is 0 Å². The number of hydrogen-bond acceptors (Lipinski definition) is 2. The lowest BCUT2D eigenvalue weighted by molar-refractivity contribution is 0.807. The minimum atomic E-state index is -1.03. The molecule has 0 bridgehead atoms. The second-order valence-corrected chi connectivity index (χ2v) is 2.51. The maximum atomic E-state index is 12.4. The zero-order chi connectivity index (χ0) is 9.14. The van der Waals surface area contributed by atoms with Crippen LogP contribution >= 0.6 is 0 Å². The van der Waals surface area contributed by atoms with Crippen molar-refractivity contribution >= 4 is 11.5 Å². The van der Waals surface area contributed by atoms with E-state index in [1.54, 1.807) is 18.3 Å². The molecule has 2 nitrogen and oxygen atoms in total. The van der Waals surface area contributed by atoms with E-state index < -0.39 is 5.97 Å². The van der Waals surface area contributed by atoms with Crippen molar-refractivity contribution in [2.24, 2.45) is 0 Å². The van der Waals surface area contributed by atoms with E-state index in [4.69, 9.17) is 5.41 Å². The topological polar surface area (TPSA) is 36.7 Å². The van der Waals surface area contributed by atoms with Crippen LogP contribution in [-0.2, 0) is 0 Å². The molecule has 1 aromatic rings. The molecule has 0 spiro atoms. The highest BCUT2D eigenvalue weighted by Gasteiger charge is 2.04. The fraction of sp³-hybridized carbons (Fsp3) is 0.111. The smallest absolute Gasteiger partial charge is 0.214 e. The maximum absolute atomic E-state index is 12.4. The molecule has 0 saturated heterocycles. The molecule has 0 amide bonds. The highest BCUT2D eigenvalue weighted by atomic mass is 19.1. The predicted octanol–water partition coefficient (Wildman–Crippen LogP) is 2.35. The second kappa shape index (κ2) is 3.26. The summed E-state index contributed by atoms with van der Waals surface area (Å²) in [4.78, 5) is 3.88. The summed E-state index contributed by atoms with van der Waals surface area (Å²) in [6.45, 7) is 5.28. The van der Waals surface area contributed by atoms with E-state index in [9.17, 15) is 4.39 Å². The van der Waals surface area contributed by atoms with Crippen LogP contribution in [0.15, 0.2) is 24.9 Å². The van der Waals surface area contributed by atoms with Crippen LogP contribution in [0.25, 0.3) is 5.57 Å². The molecule has 3 heteroatoms. The minimum absolute atomic E-state index is 0.0266. The van der Waals surface area contributed by atoms with Crippen molar-refractivity contribution in [3.8, 4) is 0 Å².